The van der Waals surface area contributed by atoms with Gasteiger partial charge < -0.3 is 10.0 Å². The van der Waals surface area contributed by atoms with Crippen LogP contribution in [0.4, 0.5) is 0 Å². The molecule has 0 heterocycles. The molecule has 0 unspecified atom stereocenters. The van der Waals surface area contributed by atoms with E-state index in [2.05, 4.69) is 36.4 Å². The van der Waals surface area contributed by atoms with Gasteiger partial charge in [0.25, 0.3) is 0 Å². The second kappa shape index (κ2) is 4.73. The monoisotopic (exact) mass is 274 g/mol. The number of hydrogen-bond donors (Lipinski definition) is 2. The molecule has 0 radical (unpaired) electrons. The maximum atomic E-state index is 9.44. The van der Waals surface area contributed by atoms with Crippen LogP contribution in [0.1, 0.15) is 17.5 Å². The fraction of sp³-hybridized carbons (Fsp3) is 0.111. The third kappa shape index (κ3) is 1.89. The summed E-state index contributed by atoms with van der Waals surface area (Å²) in [6.45, 7) is 0. The fourth-order valence-corrected chi connectivity index (χ4v) is 3.36. The molecule has 2 nitrogen and oxygen atoms in total. The molecular formula is C18H15BO2. The lowest BCUT2D eigenvalue weighted by Crippen LogP contribution is -2.29. The minimum absolute atomic E-state index is 0.550. The second-order valence-electron chi connectivity index (χ2n) is 5.56. The van der Waals surface area contributed by atoms with Crippen molar-refractivity contribution in [2.75, 3.05) is 0 Å². The molecule has 21 heavy (non-hydrogen) atoms. The van der Waals surface area contributed by atoms with Gasteiger partial charge >= 0.3 is 7.12 Å². The summed E-state index contributed by atoms with van der Waals surface area (Å²) in [5.74, 6) is 0. The molecule has 0 aliphatic heterocycles. The Morgan fingerprint density at radius 3 is 2.43 bits per heavy atom. The number of rotatable bonds is 1. The van der Waals surface area contributed by atoms with Crippen LogP contribution in [0, 0.1) is 0 Å². The van der Waals surface area contributed by atoms with Crippen LogP contribution < -0.4 is 5.46 Å². The van der Waals surface area contributed by atoms with Crippen molar-refractivity contribution >= 4 is 40.2 Å². The molecule has 0 aromatic heterocycles. The van der Waals surface area contributed by atoms with Crippen molar-refractivity contribution in [3.8, 4) is 0 Å². The molecule has 1 aliphatic carbocycles. The molecular weight excluding hydrogens is 259 g/mol. The van der Waals surface area contributed by atoms with Gasteiger partial charge in [-0.1, -0.05) is 54.6 Å². The van der Waals surface area contributed by atoms with Crippen molar-refractivity contribution in [2.45, 2.75) is 12.8 Å². The van der Waals surface area contributed by atoms with Gasteiger partial charge in [-0.25, -0.2) is 0 Å². The lowest BCUT2D eigenvalue weighted by Gasteiger charge is -2.18. The third-order valence-corrected chi connectivity index (χ3v) is 4.34. The van der Waals surface area contributed by atoms with E-state index in [0.29, 0.717) is 5.46 Å². The predicted molar refractivity (Wildman–Crippen MR) is 88.6 cm³/mol. The van der Waals surface area contributed by atoms with E-state index in [1.54, 1.807) is 6.07 Å². The first-order valence-electron chi connectivity index (χ1n) is 7.25. The summed E-state index contributed by atoms with van der Waals surface area (Å²) in [5, 5.41) is 23.7. The van der Waals surface area contributed by atoms with Gasteiger partial charge in [-0.15, -0.1) is 0 Å². The van der Waals surface area contributed by atoms with E-state index in [1.807, 2.05) is 12.1 Å². The summed E-state index contributed by atoms with van der Waals surface area (Å²) >= 11 is 0. The standard InChI is InChI=1S/C18H15BO2/c20-19(21)12-9-10-17-15-7-2-1-5-13(15)14-6-3-4-8-16(14)18(17)11-12/h1-3,5-7,9-11,20-21H,4,8H2. The van der Waals surface area contributed by atoms with Gasteiger partial charge in [-0.2, -0.15) is 0 Å². The largest absolute Gasteiger partial charge is 0.488 e. The number of allylic oxidation sites excluding steroid dienone is 1. The average molecular weight is 274 g/mol. The molecule has 102 valence electrons. The minimum atomic E-state index is -1.42. The molecule has 0 bridgehead atoms. The average Bonchev–Trinajstić information content (AvgIpc) is 2.54. The number of fused-ring (bicyclic) bond motifs is 6. The number of aryl methyl sites for hydroxylation is 1. The third-order valence-electron chi connectivity index (χ3n) is 4.34. The van der Waals surface area contributed by atoms with Crippen molar-refractivity contribution in [2.24, 2.45) is 0 Å². The molecule has 3 aromatic carbocycles. The van der Waals surface area contributed by atoms with E-state index < -0.39 is 7.12 Å². The zero-order valence-electron chi connectivity index (χ0n) is 11.6. The highest BCUT2D eigenvalue weighted by molar-refractivity contribution is 6.59. The van der Waals surface area contributed by atoms with Gasteiger partial charge in [-0.05, 0) is 51.0 Å². The van der Waals surface area contributed by atoms with Crippen LogP contribution in [0.5, 0.6) is 0 Å². The van der Waals surface area contributed by atoms with Crippen LogP contribution in [-0.2, 0) is 6.42 Å². The summed E-state index contributed by atoms with van der Waals surface area (Å²) in [6, 6.07) is 14.1. The fourth-order valence-electron chi connectivity index (χ4n) is 3.36. The Balaban J connectivity index is 2.20. The molecule has 0 atom stereocenters. The van der Waals surface area contributed by atoms with E-state index in [-0.39, 0.29) is 0 Å². The normalized spacial score (nSPS) is 13.6. The van der Waals surface area contributed by atoms with E-state index in [9.17, 15) is 10.0 Å². The van der Waals surface area contributed by atoms with Crippen molar-refractivity contribution in [1.82, 2.24) is 0 Å². The summed E-state index contributed by atoms with van der Waals surface area (Å²) in [7, 11) is -1.42. The van der Waals surface area contributed by atoms with E-state index in [0.717, 1.165) is 18.2 Å². The van der Waals surface area contributed by atoms with Crippen molar-refractivity contribution in [1.29, 1.82) is 0 Å². The first-order valence-corrected chi connectivity index (χ1v) is 7.25. The quantitative estimate of drug-likeness (QED) is 0.529. The van der Waals surface area contributed by atoms with Gasteiger partial charge in [0.1, 0.15) is 0 Å². The van der Waals surface area contributed by atoms with Crippen molar-refractivity contribution in [3.63, 3.8) is 0 Å². The van der Waals surface area contributed by atoms with Gasteiger partial charge in [0, 0.05) is 0 Å². The Hall–Kier alpha value is -2.10. The smallest absolute Gasteiger partial charge is 0.423 e. The number of hydrogen-bond acceptors (Lipinski definition) is 2. The van der Waals surface area contributed by atoms with Crippen LogP contribution in [0.25, 0.3) is 27.6 Å². The summed E-state index contributed by atoms with van der Waals surface area (Å²) in [4.78, 5) is 0. The Labute approximate surface area is 123 Å². The first kappa shape index (κ1) is 12.6. The zero-order chi connectivity index (χ0) is 14.4. The summed E-state index contributed by atoms with van der Waals surface area (Å²) < 4.78 is 0. The molecule has 3 heteroatoms. The molecule has 0 fully saturated rings. The summed E-state index contributed by atoms with van der Waals surface area (Å²) in [5.41, 5.74) is 3.14. The Bertz CT molecular complexity index is 881. The number of benzene rings is 3. The van der Waals surface area contributed by atoms with E-state index in [1.165, 1.54) is 27.3 Å². The highest BCUT2D eigenvalue weighted by Gasteiger charge is 2.17. The Morgan fingerprint density at radius 2 is 1.62 bits per heavy atom. The Kier molecular flexibility index (Phi) is 2.84. The molecule has 0 saturated heterocycles. The molecule has 1 aliphatic rings. The second-order valence-corrected chi connectivity index (χ2v) is 5.56. The van der Waals surface area contributed by atoms with E-state index in [4.69, 9.17) is 0 Å². The molecule has 2 N–H and O–H groups in total. The maximum absolute atomic E-state index is 9.44. The van der Waals surface area contributed by atoms with Crippen LogP contribution >= 0.6 is 0 Å². The minimum Gasteiger partial charge on any atom is -0.423 e. The highest BCUT2D eigenvalue weighted by atomic mass is 16.4. The first-order chi connectivity index (χ1) is 10.3. The molecule has 3 aromatic rings. The molecule has 0 spiro atoms. The van der Waals surface area contributed by atoms with E-state index >= 15 is 0 Å². The van der Waals surface area contributed by atoms with Crippen LogP contribution in [0.15, 0.2) is 48.5 Å². The SMILES string of the molecule is OB(O)c1ccc2c(c1)c1c(c3ccccc32)C=CCC1. The van der Waals surface area contributed by atoms with Gasteiger partial charge in [0.05, 0.1) is 0 Å². The van der Waals surface area contributed by atoms with Crippen LogP contribution in [0.3, 0.4) is 0 Å². The van der Waals surface area contributed by atoms with Gasteiger partial charge in [0.15, 0.2) is 0 Å². The molecule has 0 saturated carbocycles. The summed E-state index contributed by atoms with van der Waals surface area (Å²) in [6.07, 6.45) is 6.44. The Morgan fingerprint density at radius 1 is 0.857 bits per heavy atom. The van der Waals surface area contributed by atoms with Crippen LogP contribution in [0.2, 0.25) is 0 Å². The topological polar surface area (TPSA) is 40.5 Å². The zero-order valence-corrected chi connectivity index (χ0v) is 11.6. The molecule has 0 amide bonds. The highest BCUT2D eigenvalue weighted by Crippen LogP contribution is 2.35. The van der Waals surface area contributed by atoms with Gasteiger partial charge in [-0.3, -0.25) is 0 Å². The maximum Gasteiger partial charge on any atom is 0.488 e. The molecule has 4 rings (SSSR count). The van der Waals surface area contributed by atoms with Crippen molar-refractivity contribution in [3.05, 3.63) is 59.7 Å². The van der Waals surface area contributed by atoms with Gasteiger partial charge in [0.2, 0.25) is 0 Å². The lowest BCUT2D eigenvalue weighted by atomic mass is 9.77. The van der Waals surface area contributed by atoms with Crippen LogP contribution in [-0.4, -0.2) is 17.2 Å². The predicted octanol–water partition coefficient (Wildman–Crippen LogP) is 2.63. The lowest BCUT2D eigenvalue weighted by molar-refractivity contribution is 0.426. The van der Waals surface area contributed by atoms with Crippen molar-refractivity contribution < 1.29 is 10.0 Å².